The molecule has 8 bridgehead atoms. The lowest BCUT2D eigenvalue weighted by Gasteiger charge is -2.10. The quantitative estimate of drug-likeness (QED) is 0.161. The molecule has 56 heavy (non-hydrogen) atoms. The van der Waals surface area contributed by atoms with Crippen molar-refractivity contribution in [2.45, 2.75) is 81.1 Å². The fraction of sp³-hybridized carbons (Fsp3) is 0.250. The van der Waals surface area contributed by atoms with Crippen molar-refractivity contribution in [2.24, 2.45) is 0 Å². The molecule has 7 aromatic heterocycles. The monoisotopic (exact) mass is 806 g/mol. The van der Waals surface area contributed by atoms with E-state index < -0.39 is 0 Å². The van der Waals surface area contributed by atoms with E-state index in [0.29, 0.717) is 0 Å². The molecule has 0 fully saturated rings. The van der Waals surface area contributed by atoms with Crippen LogP contribution in [-0.2, 0) is 25.7 Å². The van der Waals surface area contributed by atoms with E-state index in [2.05, 4.69) is 135 Å². The fourth-order valence-electron chi connectivity index (χ4n) is 8.63. The molecule has 0 aromatic carbocycles. The molecule has 8 heteroatoms. The van der Waals surface area contributed by atoms with Gasteiger partial charge in [0.05, 0.1) is 22.8 Å². The van der Waals surface area contributed by atoms with Gasteiger partial charge in [-0.05, 0) is 146 Å². The van der Waals surface area contributed by atoms with Crippen LogP contribution in [-0.4, -0.2) is 19.9 Å². The number of nitrogens with zero attached hydrogens (tertiary/aromatic N) is 2. The zero-order valence-corrected chi connectivity index (χ0v) is 36.6. The molecule has 2 aliphatic rings. The lowest BCUT2D eigenvalue weighted by Crippen LogP contribution is -1.93. The van der Waals surface area contributed by atoms with Gasteiger partial charge in [-0.15, -0.1) is 45.3 Å². The number of thiophene rings is 4. The average molecular weight is 807 g/mol. The molecule has 0 saturated heterocycles. The van der Waals surface area contributed by atoms with Crippen molar-refractivity contribution in [3.8, 4) is 44.5 Å². The van der Waals surface area contributed by atoms with Crippen LogP contribution < -0.4 is 0 Å². The first-order valence-electron chi connectivity index (χ1n) is 19.7. The Hall–Kier alpha value is -4.60. The normalized spacial score (nSPS) is 12.4. The highest BCUT2D eigenvalue weighted by Gasteiger charge is 2.25. The van der Waals surface area contributed by atoms with Gasteiger partial charge in [-0.1, -0.05) is 27.7 Å². The summed E-state index contributed by atoms with van der Waals surface area (Å²) >= 11 is 7.40. The Morgan fingerprint density at radius 1 is 0.375 bits per heavy atom. The maximum Gasteiger partial charge on any atom is 0.0737 e. The van der Waals surface area contributed by atoms with Crippen molar-refractivity contribution < 1.29 is 0 Å². The highest BCUT2D eigenvalue weighted by molar-refractivity contribution is 7.11. The van der Waals surface area contributed by atoms with E-state index in [1.165, 1.54) is 64.0 Å². The maximum absolute atomic E-state index is 5.62. The van der Waals surface area contributed by atoms with Crippen LogP contribution in [0.4, 0.5) is 0 Å². The lowest BCUT2D eigenvalue weighted by atomic mass is 9.99. The van der Waals surface area contributed by atoms with Gasteiger partial charge in [0.25, 0.3) is 0 Å². The van der Waals surface area contributed by atoms with Crippen molar-refractivity contribution in [3.63, 3.8) is 0 Å². The van der Waals surface area contributed by atoms with Crippen LogP contribution in [0, 0.1) is 27.7 Å². The number of nitrogens with one attached hydrogen (secondary N) is 2. The van der Waals surface area contributed by atoms with Gasteiger partial charge in [0.1, 0.15) is 0 Å². The zero-order chi connectivity index (χ0) is 38.8. The third kappa shape index (κ3) is 5.96. The second-order valence-electron chi connectivity index (χ2n) is 14.8. The molecule has 2 aliphatic heterocycles. The van der Waals surface area contributed by atoms with Crippen LogP contribution in [0.3, 0.4) is 0 Å². The van der Waals surface area contributed by atoms with Gasteiger partial charge in [0.15, 0.2) is 0 Å². The number of rotatable bonds is 8. The molecule has 0 unspecified atom stereocenters. The summed E-state index contributed by atoms with van der Waals surface area (Å²) in [4.78, 5) is 24.7. The summed E-state index contributed by atoms with van der Waals surface area (Å²) in [5.41, 5.74) is 23.1. The molecular weight excluding hydrogens is 761 g/mol. The summed E-state index contributed by atoms with van der Waals surface area (Å²) in [6.45, 7) is 18.0. The van der Waals surface area contributed by atoms with Crippen LogP contribution in [0.1, 0.15) is 92.2 Å². The Morgan fingerprint density at radius 3 is 0.821 bits per heavy atom. The molecule has 0 saturated carbocycles. The van der Waals surface area contributed by atoms with E-state index in [9.17, 15) is 0 Å². The van der Waals surface area contributed by atoms with Gasteiger partial charge < -0.3 is 9.97 Å². The summed E-state index contributed by atoms with van der Waals surface area (Å²) in [5, 5.41) is 9.21. The minimum Gasteiger partial charge on any atom is -0.354 e. The first-order chi connectivity index (χ1) is 27.2. The minimum atomic E-state index is 0.961. The van der Waals surface area contributed by atoms with Gasteiger partial charge in [-0.2, -0.15) is 0 Å². The van der Waals surface area contributed by atoms with Gasteiger partial charge in [0, 0.05) is 86.1 Å². The van der Waals surface area contributed by atoms with Crippen LogP contribution in [0.2, 0.25) is 0 Å². The number of aromatic amines is 2. The number of hydrogen-bond donors (Lipinski definition) is 2. The molecule has 2 N–H and O–H groups in total. The van der Waals surface area contributed by atoms with E-state index in [1.807, 2.05) is 45.3 Å². The van der Waals surface area contributed by atoms with Gasteiger partial charge >= 0.3 is 0 Å². The second kappa shape index (κ2) is 14.7. The average Bonchev–Trinajstić information content (AvgIpc) is 4.06. The third-order valence-electron chi connectivity index (χ3n) is 11.2. The lowest BCUT2D eigenvalue weighted by molar-refractivity contribution is 1.18. The molecule has 9 rings (SSSR count). The molecule has 9 heterocycles. The molecule has 0 amide bonds. The predicted octanol–water partition coefficient (Wildman–Crippen LogP) is 15.1. The molecule has 4 nitrogen and oxygen atoms in total. The second-order valence-corrected chi connectivity index (χ2v) is 18.6. The summed E-state index contributed by atoms with van der Waals surface area (Å²) in [6, 6.07) is 9.07. The standard InChI is InChI=1S/C48H46N4S4/c1-9-37-41(25(5)21-53-37)45-29-13-15-31(49-29)46(42-26(6)22-54-38(42)10-2)33-17-19-35(51-33)48(44-28(8)24-56-40(44)12-4)36-20-18-34(52-36)47(32-16-14-30(45)50-32)43-27(7)23-55-39(43)11-3/h13-24,49,52H,9-12H2,1-8H3. The van der Waals surface area contributed by atoms with Crippen LogP contribution in [0.25, 0.3) is 90.9 Å². The number of hydrogen-bond acceptors (Lipinski definition) is 6. The Morgan fingerprint density at radius 2 is 0.607 bits per heavy atom. The summed E-state index contributed by atoms with van der Waals surface area (Å²) < 4.78 is 0. The van der Waals surface area contributed by atoms with E-state index in [0.717, 1.165) is 92.8 Å². The number of aryl methyl sites for hydroxylation is 8. The van der Waals surface area contributed by atoms with Gasteiger partial charge in [0.2, 0.25) is 0 Å². The topological polar surface area (TPSA) is 57.4 Å². The molecular formula is C48H46N4S4. The molecule has 0 spiro atoms. The number of fused-ring (bicyclic) bond motifs is 8. The van der Waals surface area contributed by atoms with Crippen molar-refractivity contribution in [2.75, 3.05) is 0 Å². The van der Waals surface area contributed by atoms with Crippen LogP contribution in [0.5, 0.6) is 0 Å². The molecule has 0 atom stereocenters. The molecule has 282 valence electrons. The summed E-state index contributed by atoms with van der Waals surface area (Å²) in [6.07, 6.45) is 12.8. The minimum absolute atomic E-state index is 0.961. The summed E-state index contributed by atoms with van der Waals surface area (Å²) in [7, 11) is 0. The fourth-order valence-corrected chi connectivity index (χ4v) is 12.6. The van der Waals surface area contributed by atoms with Crippen molar-refractivity contribution in [3.05, 3.63) is 110 Å². The number of aromatic nitrogens is 4. The summed E-state index contributed by atoms with van der Waals surface area (Å²) in [5.74, 6) is 0. The first kappa shape index (κ1) is 37.0. The molecule has 0 radical (unpaired) electrons. The van der Waals surface area contributed by atoms with E-state index in [-0.39, 0.29) is 0 Å². The van der Waals surface area contributed by atoms with Crippen molar-refractivity contribution in [1.82, 2.24) is 19.9 Å². The Balaban J connectivity index is 1.53. The van der Waals surface area contributed by atoms with Crippen LogP contribution >= 0.6 is 45.3 Å². The third-order valence-corrected chi connectivity index (χ3v) is 16.2. The van der Waals surface area contributed by atoms with Crippen molar-refractivity contribution >= 4 is 91.7 Å². The SMILES string of the molecule is CCc1scc(C)c1-c1c2nc(c(-c3c(C)csc3CC)c3ccc([nH]3)c(-c3c(C)csc3CC)c3nc(c(-c4c(C)csc4CC)c4ccc1[nH]4)C=C3)C=C2. The Labute approximate surface area is 345 Å². The largest absolute Gasteiger partial charge is 0.354 e. The van der Waals surface area contributed by atoms with Gasteiger partial charge in [-0.3, -0.25) is 0 Å². The molecule has 7 aromatic rings. The Kier molecular flexibility index (Phi) is 9.73. The Bertz CT molecular complexity index is 2530. The first-order valence-corrected chi connectivity index (χ1v) is 23.2. The van der Waals surface area contributed by atoms with Crippen molar-refractivity contribution in [1.29, 1.82) is 0 Å². The smallest absolute Gasteiger partial charge is 0.0737 e. The highest BCUT2D eigenvalue weighted by Crippen LogP contribution is 2.45. The van der Waals surface area contributed by atoms with E-state index in [1.54, 1.807) is 0 Å². The number of H-pyrrole nitrogens is 2. The zero-order valence-electron chi connectivity index (χ0n) is 33.3. The predicted molar refractivity (Wildman–Crippen MR) is 249 cm³/mol. The van der Waals surface area contributed by atoms with E-state index >= 15 is 0 Å². The van der Waals surface area contributed by atoms with Gasteiger partial charge in [-0.25, -0.2) is 9.97 Å². The maximum atomic E-state index is 5.62. The molecule has 0 aliphatic carbocycles. The highest BCUT2D eigenvalue weighted by atomic mass is 32.1. The van der Waals surface area contributed by atoms with E-state index in [4.69, 9.17) is 9.97 Å². The van der Waals surface area contributed by atoms with Crippen LogP contribution in [0.15, 0.2) is 45.8 Å².